The Bertz CT molecular complexity index is 775. The highest BCUT2D eigenvalue weighted by Crippen LogP contribution is 2.60. The number of hydrogen-bond donors (Lipinski definition) is 3. The van der Waals surface area contributed by atoms with Crippen molar-refractivity contribution in [3.8, 4) is 0 Å². The van der Waals surface area contributed by atoms with Gasteiger partial charge in [-0.2, -0.15) is 0 Å². The average Bonchev–Trinajstić information content (AvgIpc) is 3.14. The largest absolute Gasteiger partial charge is 0.390 e. The molecule has 0 saturated heterocycles. The van der Waals surface area contributed by atoms with Gasteiger partial charge in [-0.3, -0.25) is 0 Å². The van der Waals surface area contributed by atoms with Crippen LogP contribution in [0.1, 0.15) is 105 Å². The zero-order chi connectivity index (χ0) is 25.8. The highest BCUT2D eigenvalue weighted by Gasteiger charge is 2.50. The Morgan fingerprint density at radius 3 is 2.63 bits per heavy atom. The summed E-state index contributed by atoms with van der Waals surface area (Å²) in [5, 5.41) is 31.5. The molecular weight excluding hydrogens is 436 g/mol. The summed E-state index contributed by atoms with van der Waals surface area (Å²) < 4.78 is 5.79. The van der Waals surface area contributed by atoms with Gasteiger partial charge in [-0.15, -0.1) is 0 Å². The first-order valence-corrected chi connectivity index (χ1v) is 14.3. The van der Waals surface area contributed by atoms with Crippen LogP contribution in [-0.4, -0.2) is 45.8 Å². The summed E-state index contributed by atoms with van der Waals surface area (Å²) in [7, 11) is 0. The Morgan fingerprint density at radius 1 is 1.20 bits per heavy atom. The van der Waals surface area contributed by atoms with Crippen LogP contribution in [0.5, 0.6) is 0 Å². The van der Waals surface area contributed by atoms with E-state index in [2.05, 4.69) is 39.5 Å². The lowest BCUT2D eigenvalue weighted by molar-refractivity contribution is -0.0954. The maximum atomic E-state index is 10.8. The highest BCUT2D eigenvalue weighted by molar-refractivity contribution is 5.40. The normalized spacial score (nSPS) is 37.1. The zero-order valence-corrected chi connectivity index (χ0v) is 23.1. The van der Waals surface area contributed by atoms with Crippen LogP contribution in [0, 0.1) is 23.2 Å². The molecule has 3 saturated carbocycles. The van der Waals surface area contributed by atoms with E-state index in [9.17, 15) is 15.3 Å². The molecule has 0 aromatic heterocycles. The number of allylic oxidation sites excluding steroid dienone is 3. The molecule has 3 aliphatic carbocycles. The molecule has 0 heterocycles. The van der Waals surface area contributed by atoms with Crippen molar-refractivity contribution in [1.82, 2.24) is 0 Å². The van der Waals surface area contributed by atoms with Gasteiger partial charge in [-0.25, -0.2) is 0 Å². The van der Waals surface area contributed by atoms with Crippen LogP contribution >= 0.6 is 0 Å². The molecule has 3 aliphatic rings. The SMILES string of the molecule is C=C1/C(=C/C=C2\CCC[C@]3(C)[C@@H]([C@H](C)CCCC(C)(C)O)CC[C@@H]23)C[C@@H](O)[C@@H](OCCCC)[C@@H]1O. The molecule has 3 N–H and O–H groups in total. The second-order valence-electron chi connectivity index (χ2n) is 12.6. The maximum Gasteiger partial charge on any atom is 0.114 e. The van der Waals surface area contributed by atoms with E-state index >= 15 is 0 Å². The van der Waals surface area contributed by atoms with Crippen molar-refractivity contribution in [3.63, 3.8) is 0 Å². The van der Waals surface area contributed by atoms with Crippen LogP contribution < -0.4 is 0 Å². The zero-order valence-electron chi connectivity index (χ0n) is 23.1. The van der Waals surface area contributed by atoms with Crippen molar-refractivity contribution in [1.29, 1.82) is 0 Å². The van der Waals surface area contributed by atoms with Crippen LogP contribution in [0.2, 0.25) is 0 Å². The van der Waals surface area contributed by atoms with Gasteiger partial charge in [0.15, 0.2) is 0 Å². The molecular formula is C31H52O4. The predicted molar refractivity (Wildman–Crippen MR) is 144 cm³/mol. The molecule has 4 nitrogen and oxygen atoms in total. The number of rotatable bonds is 10. The minimum absolute atomic E-state index is 0.345. The molecule has 0 spiro atoms. The summed E-state index contributed by atoms with van der Waals surface area (Å²) in [6.07, 6.45) is 14.1. The first-order chi connectivity index (χ1) is 16.5. The van der Waals surface area contributed by atoms with Gasteiger partial charge in [0, 0.05) is 13.0 Å². The number of ether oxygens (including phenoxy) is 1. The van der Waals surface area contributed by atoms with E-state index in [-0.39, 0.29) is 0 Å². The molecule has 3 rings (SSSR count). The van der Waals surface area contributed by atoms with E-state index in [1.54, 1.807) is 0 Å². The molecule has 3 fully saturated rings. The van der Waals surface area contributed by atoms with E-state index in [1.165, 1.54) is 37.7 Å². The molecule has 0 amide bonds. The number of aliphatic hydroxyl groups is 3. The van der Waals surface area contributed by atoms with Gasteiger partial charge >= 0.3 is 0 Å². The molecule has 0 radical (unpaired) electrons. The van der Waals surface area contributed by atoms with E-state index in [0.717, 1.165) is 43.6 Å². The van der Waals surface area contributed by atoms with E-state index in [4.69, 9.17) is 4.74 Å². The molecule has 0 aromatic rings. The Balaban J connectivity index is 1.67. The minimum Gasteiger partial charge on any atom is -0.390 e. The van der Waals surface area contributed by atoms with E-state index in [1.807, 2.05) is 13.8 Å². The topological polar surface area (TPSA) is 69.9 Å². The summed E-state index contributed by atoms with van der Waals surface area (Å²) in [6.45, 7) is 15.6. The van der Waals surface area contributed by atoms with Gasteiger partial charge in [0.05, 0.1) is 11.7 Å². The molecule has 0 unspecified atom stereocenters. The van der Waals surface area contributed by atoms with Gasteiger partial charge in [-0.1, -0.05) is 64.3 Å². The van der Waals surface area contributed by atoms with Crippen LogP contribution in [0.4, 0.5) is 0 Å². The summed E-state index contributed by atoms with van der Waals surface area (Å²) in [6, 6.07) is 0. The summed E-state index contributed by atoms with van der Waals surface area (Å²) in [5.74, 6) is 2.03. The Hall–Kier alpha value is -0.940. The van der Waals surface area contributed by atoms with Crippen molar-refractivity contribution in [2.24, 2.45) is 23.2 Å². The quantitative estimate of drug-likeness (QED) is 0.307. The molecule has 7 atom stereocenters. The number of hydrogen-bond acceptors (Lipinski definition) is 4. The third kappa shape index (κ3) is 6.89. The van der Waals surface area contributed by atoms with Crippen LogP contribution in [-0.2, 0) is 4.74 Å². The lowest BCUT2D eigenvalue weighted by Crippen LogP contribution is -2.45. The van der Waals surface area contributed by atoms with Crippen molar-refractivity contribution >= 4 is 0 Å². The highest BCUT2D eigenvalue weighted by atomic mass is 16.5. The number of aliphatic hydroxyl groups excluding tert-OH is 2. The van der Waals surface area contributed by atoms with Crippen molar-refractivity contribution in [2.45, 2.75) is 129 Å². The second kappa shape index (κ2) is 12.1. The lowest BCUT2D eigenvalue weighted by atomic mass is 9.60. The molecule has 0 bridgehead atoms. The van der Waals surface area contributed by atoms with E-state index in [0.29, 0.717) is 35.9 Å². The third-order valence-electron chi connectivity index (χ3n) is 9.37. The molecule has 0 aliphatic heterocycles. The predicted octanol–water partition coefficient (Wildman–Crippen LogP) is 6.50. The Labute approximate surface area is 214 Å². The molecule has 0 aromatic carbocycles. The Morgan fingerprint density at radius 2 is 1.94 bits per heavy atom. The summed E-state index contributed by atoms with van der Waals surface area (Å²) in [5.41, 5.74) is 2.96. The van der Waals surface area contributed by atoms with Crippen LogP contribution in [0.3, 0.4) is 0 Å². The number of fused-ring (bicyclic) bond motifs is 1. The molecule has 35 heavy (non-hydrogen) atoms. The van der Waals surface area contributed by atoms with Gasteiger partial charge in [-0.05, 0) is 93.1 Å². The molecule has 4 heteroatoms. The van der Waals surface area contributed by atoms with Gasteiger partial charge in [0.2, 0.25) is 0 Å². The van der Waals surface area contributed by atoms with Crippen molar-refractivity contribution < 1.29 is 20.1 Å². The minimum atomic E-state index is -0.850. The second-order valence-corrected chi connectivity index (χ2v) is 12.6. The fourth-order valence-corrected chi connectivity index (χ4v) is 7.29. The first kappa shape index (κ1) is 28.6. The maximum absolute atomic E-state index is 10.8. The fraction of sp³-hybridized carbons (Fsp3) is 0.806. The fourth-order valence-electron chi connectivity index (χ4n) is 7.29. The monoisotopic (exact) mass is 488 g/mol. The van der Waals surface area contributed by atoms with Crippen LogP contribution in [0.25, 0.3) is 0 Å². The first-order valence-electron chi connectivity index (χ1n) is 14.3. The standard InChI is InChI=1S/C31H52O4/c1-7-8-19-35-29-27(32)20-24(22(3)28(29)33)14-13-23-12-10-18-31(6)25(15-16-26(23)31)21(2)11-9-17-30(4,5)34/h13-14,21,25-29,32-34H,3,7-12,15-20H2,1-2,4-6H3/b23-13+,24-14+/t21-,25-,26+,27-,28-,29-,31-/m1/s1. The van der Waals surface area contributed by atoms with Gasteiger partial charge < -0.3 is 20.1 Å². The molecule has 200 valence electrons. The number of unbranched alkanes of at least 4 members (excludes halogenated alkanes) is 1. The smallest absolute Gasteiger partial charge is 0.114 e. The van der Waals surface area contributed by atoms with Crippen LogP contribution in [0.15, 0.2) is 35.5 Å². The van der Waals surface area contributed by atoms with Gasteiger partial charge in [0.25, 0.3) is 0 Å². The van der Waals surface area contributed by atoms with Crippen molar-refractivity contribution in [2.75, 3.05) is 6.61 Å². The van der Waals surface area contributed by atoms with E-state index < -0.39 is 23.9 Å². The summed E-state index contributed by atoms with van der Waals surface area (Å²) in [4.78, 5) is 0. The lowest BCUT2D eigenvalue weighted by Gasteiger charge is -2.44. The summed E-state index contributed by atoms with van der Waals surface area (Å²) >= 11 is 0. The third-order valence-corrected chi connectivity index (χ3v) is 9.37. The van der Waals surface area contributed by atoms with Gasteiger partial charge in [0.1, 0.15) is 12.2 Å². The Kier molecular flexibility index (Phi) is 9.87. The average molecular weight is 489 g/mol. The van der Waals surface area contributed by atoms with Crippen molar-refractivity contribution in [3.05, 3.63) is 35.5 Å².